The molecule has 2 aromatic carbocycles. The molecule has 2 aromatic rings. The molecule has 5 rings (SSSR count). The summed E-state index contributed by atoms with van der Waals surface area (Å²) in [5.74, 6) is -0.251. The van der Waals surface area contributed by atoms with E-state index in [0.29, 0.717) is 5.84 Å². The van der Waals surface area contributed by atoms with Crippen LogP contribution in [0.5, 0.6) is 0 Å². The maximum absolute atomic E-state index is 14.2. The van der Waals surface area contributed by atoms with Crippen LogP contribution in [0.1, 0.15) is 86.8 Å². The van der Waals surface area contributed by atoms with Crippen molar-refractivity contribution in [3.8, 4) is 0 Å². The van der Waals surface area contributed by atoms with E-state index in [1.807, 2.05) is 11.8 Å². The normalized spacial score (nSPS) is 24.1. The van der Waals surface area contributed by atoms with E-state index < -0.39 is 27.7 Å². The molecule has 38 heavy (non-hydrogen) atoms. The highest BCUT2D eigenvalue weighted by Crippen LogP contribution is 2.44. The lowest BCUT2D eigenvalue weighted by atomic mass is 9.81. The van der Waals surface area contributed by atoms with E-state index in [9.17, 15) is 21.6 Å². The van der Waals surface area contributed by atoms with Gasteiger partial charge in [0.05, 0.1) is 16.5 Å². The molecule has 204 valence electrons. The van der Waals surface area contributed by atoms with Gasteiger partial charge in [0.25, 0.3) is 10.0 Å². The van der Waals surface area contributed by atoms with Crippen LogP contribution >= 0.6 is 0 Å². The van der Waals surface area contributed by atoms with Crippen LogP contribution in [0.2, 0.25) is 0 Å². The molecule has 1 aliphatic heterocycles. The van der Waals surface area contributed by atoms with E-state index in [2.05, 4.69) is 4.40 Å². The van der Waals surface area contributed by atoms with Crippen molar-refractivity contribution in [3.63, 3.8) is 0 Å². The van der Waals surface area contributed by atoms with E-state index >= 15 is 0 Å². The van der Waals surface area contributed by atoms with Gasteiger partial charge in [-0.25, -0.2) is 0 Å². The molecule has 1 atom stereocenters. The molecule has 0 N–H and O–H groups in total. The molecular weight excluding hydrogens is 511 g/mol. The fourth-order valence-corrected chi connectivity index (χ4v) is 6.99. The number of aliphatic imine (C=N–C) groups is 1. The Balaban J connectivity index is 1.67. The molecule has 0 amide bonds. The summed E-state index contributed by atoms with van der Waals surface area (Å²) < 4.78 is 73.7. The molecule has 1 unspecified atom stereocenters. The Kier molecular flexibility index (Phi) is 7.67. The molecule has 0 aromatic heterocycles. The van der Waals surface area contributed by atoms with E-state index in [-0.39, 0.29) is 28.4 Å². The van der Waals surface area contributed by atoms with E-state index in [4.69, 9.17) is 4.99 Å². The number of benzene rings is 2. The zero-order valence-corrected chi connectivity index (χ0v) is 22.4. The number of sulfonamides is 1. The number of likely N-dealkylation sites (tertiary alicyclic amines) is 1. The average Bonchev–Trinajstić information content (AvgIpc) is 2.89. The molecule has 5 nitrogen and oxygen atoms in total. The second-order valence-corrected chi connectivity index (χ2v) is 12.3. The molecule has 1 heterocycles. The fraction of sp³-hybridized carbons (Fsp3) is 0.517. The second-order valence-electron chi connectivity index (χ2n) is 10.7. The number of alkyl halides is 3. The Labute approximate surface area is 222 Å². The first-order valence-corrected chi connectivity index (χ1v) is 15.0. The maximum atomic E-state index is 14.2. The molecular formula is C29H34F3N3O2S. The smallest absolute Gasteiger partial charge is 0.313 e. The quantitative estimate of drug-likeness (QED) is 0.397. The van der Waals surface area contributed by atoms with Crippen LogP contribution in [0.15, 0.2) is 62.8 Å². The Hall–Kier alpha value is -2.68. The number of rotatable bonds is 5. The van der Waals surface area contributed by atoms with Gasteiger partial charge >= 0.3 is 6.18 Å². The van der Waals surface area contributed by atoms with Gasteiger partial charge in [0.1, 0.15) is 17.6 Å². The standard InChI is InChI=1S/C29H34F3N3O2S/c1-20-16-18-23(19-17-20)38(36,37)34-28-26(24-14-8-9-15-25(24)29(30,31)32)27(33-21-10-4-2-5-11-21)35(28)22-12-6-3-7-13-22/h8-9,14-19,21-22,26H,2-7,10-13H2,1H3/b33-27?,34-28-. The minimum Gasteiger partial charge on any atom is -0.313 e. The van der Waals surface area contributed by atoms with Crippen molar-refractivity contribution in [2.75, 3.05) is 0 Å². The van der Waals surface area contributed by atoms with Crippen molar-refractivity contribution >= 4 is 21.7 Å². The van der Waals surface area contributed by atoms with Gasteiger partial charge in [-0.2, -0.15) is 21.6 Å². The minimum atomic E-state index is -4.58. The molecule has 0 radical (unpaired) electrons. The highest BCUT2D eigenvalue weighted by Gasteiger charge is 2.50. The van der Waals surface area contributed by atoms with Crippen LogP contribution in [0.25, 0.3) is 0 Å². The molecule has 3 aliphatic rings. The van der Waals surface area contributed by atoms with Gasteiger partial charge in [0, 0.05) is 6.04 Å². The van der Waals surface area contributed by atoms with E-state index in [1.165, 1.54) is 24.3 Å². The average molecular weight is 546 g/mol. The third kappa shape index (κ3) is 5.53. The van der Waals surface area contributed by atoms with Gasteiger partial charge in [-0.05, 0) is 56.4 Å². The summed E-state index contributed by atoms with van der Waals surface area (Å²) in [6.45, 7) is 1.86. The molecule has 9 heteroatoms. The number of nitrogens with zero attached hydrogens (tertiary/aromatic N) is 3. The Morgan fingerprint density at radius 2 is 1.42 bits per heavy atom. The number of hydrogen-bond donors (Lipinski definition) is 0. The first kappa shape index (κ1) is 26.9. The zero-order valence-electron chi connectivity index (χ0n) is 21.6. The topological polar surface area (TPSA) is 62.1 Å². The first-order valence-electron chi connectivity index (χ1n) is 13.6. The predicted octanol–water partition coefficient (Wildman–Crippen LogP) is 7.26. The third-order valence-electron chi connectivity index (χ3n) is 7.95. The molecule has 2 saturated carbocycles. The van der Waals surface area contributed by atoms with Gasteiger partial charge in [-0.15, -0.1) is 4.40 Å². The zero-order chi connectivity index (χ0) is 26.9. The van der Waals surface area contributed by atoms with Gasteiger partial charge in [0.15, 0.2) is 0 Å². The highest BCUT2D eigenvalue weighted by molar-refractivity contribution is 7.90. The predicted molar refractivity (Wildman–Crippen MR) is 143 cm³/mol. The van der Waals surface area contributed by atoms with Crippen LogP contribution in [0.4, 0.5) is 13.2 Å². The van der Waals surface area contributed by atoms with Gasteiger partial charge in [0.2, 0.25) is 0 Å². The number of aryl methyl sites for hydroxylation is 1. The summed E-state index contributed by atoms with van der Waals surface area (Å²) in [6, 6.07) is 11.8. The van der Waals surface area contributed by atoms with Crippen LogP contribution in [0.3, 0.4) is 0 Å². The van der Waals surface area contributed by atoms with Gasteiger partial charge in [-0.3, -0.25) is 4.99 Å². The van der Waals surface area contributed by atoms with Crippen LogP contribution < -0.4 is 0 Å². The maximum Gasteiger partial charge on any atom is 0.416 e. The summed E-state index contributed by atoms with van der Waals surface area (Å²) in [5.41, 5.74) is 0.146. The summed E-state index contributed by atoms with van der Waals surface area (Å²) in [7, 11) is -4.14. The van der Waals surface area contributed by atoms with Crippen LogP contribution in [-0.2, 0) is 16.2 Å². The monoisotopic (exact) mass is 545 g/mol. The summed E-state index contributed by atoms with van der Waals surface area (Å²) in [4.78, 5) is 6.94. The number of amidine groups is 2. The van der Waals surface area contributed by atoms with Crippen molar-refractivity contribution in [1.29, 1.82) is 0 Å². The Morgan fingerprint density at radius 3 is 2.05 bits per heavy atom. The number of halogens is 3. The summed E-state index contributed by atoms with van der Waals surface area (Å²) in [6.07, 6.45) is 5.14. The lowest BCUT2D eigenvalue weighted by Crippen LogP contribution is -2.61. The van der Waals surface area contributed by atoms with Crippen LogP contribution in [-0.4, -0.2) is 37.1 Å². The van der Waals surface area contributed by atoms with Crippen molar-refractivity contribution in [1.82, 2.24) is 4.90 Å². The molecule has 1 saturated heterocycles. The number of hydrogen-bond acceptors (Lipinski definition) is 3. The Bertz CT molecular complexity index is 1310. The molecule has 2 aliphatic carbocycles. The highest BCUT2D eigenvalue weighted by atomic mass is 32.2. The van der Waals surface area contributed by atoms with Crippen molar-refractivity contribution < 1.29 is 21.6 Å². The molecule has 0 bridgehead atoms. The van der Waals surface area contributed by atoms with E-state index in [0.717, 1.165) is 75.8 Å². The Morgan fingerprint density at radius 1 is 0.816 bits per heavy atom. The first-order chi connectivity index (χ1) is 18.1. The lowest BCUT2D eigenvalue weighted by molar-refractivity contribution is -0.138. The molecule has 3 fully saturated rings. The minimum absolute atomic E-state index is 0.0134. The summed E-state index contributed by atoms with van der Waals surface area (Å²) in [5, 5.41) is 0. The van der Waals surface area contributed by atoms with Gasteiger partial charge in [-0.1, -0.05) is 74.4 Å². The third-order valence-corrected chi connectivity index (χ3v) is 9.24. The van der Waals surface area contributed by atoms with Crippen molar-refractivity contribution in [2.45, 2.75) is 100 Å². The summed E-state index contributed by atoms with van der Waals surface area (Å²) >= 11 is 0. The van der Waals surface area contributed by atoms with Crippen molar-refractivity contribution in [3.05, 3.63) is 65.2 Å². The van der Waals surface area contributed by atoms with Crippen LogP contribution in [0, 0.1) is 6.92 Å². The second kappa shape index (κ2) is 10.8. The van der Waals surface area contributed by atoms with Gasteiger partial charge < -0.3 is 4.90 Å². The van der Waals surface area contributed by atoms with Crippen molar-refractivity contribution in [2.24, 2.45) is 9.39 Å². The largest absolute Gasteiger partial charge is 0.416 e. The fourth-order valence-electron chi connectivity index (χ4n) is 5.96. The SMILES string of the molecule is Cc1ccc(S(=O)(=O)/N=C2/C(c3ccccc3C(F)(F)F)C(=NC3CCCCC3)N2C2CCCCC2)cc1. The molecule has 0 spiro atoms. The lowest BCUT2D eigenvalue weighted by Gasteiger charge is -2.50. The van der Waals surface area contributed by atoms with E-state index in [1.54, 1.807) is 18.2 Å².